The van der Waals surface area contributed by atoms with Gasteiger partial charge >= 0.3 is 0 Å². The molecule has 11 heteroatoms. The van der Waals surface area contributed by atoms with Crippen molar-refractivity contribution >= 4 is 17.5 Å². The molecule has 2 aromatic carbocycles. The van der Waals surface area contributed by atoms with Gasteiger partial charge in [0.1, 0.15) is 46.9 Å². The van der Waals surface area contributed by atoms with Crippen LogP contribution in [0.2, 0.25) is 0 Å². The molecule has 0 unspecified atom stereocenters. The van der Waals surface area contributed by atoms with Crippen LogP contribution >= 0.6 is 0 Å². The van der Waals surface area contributed by atoms with Crippen LogP contribution in [0.4, 0.5) is 30.6 Å². The van der Waals surface area contributed by atoms with E-state index >= 15 is 0 Å². The van der Waals surface area contributed by atoms with E-state index in [4.69, 9.17) is 4.74 Å². The van der Waals surface area contributed by atoms with Crippen LogP contribution in [0.15, 0.2) is 36.7 Å². The number of fused-ring (bicyclic) bond motifs is 1. The number of methoxy groups -OCH3 is 1. The second-order valence-electron chi connectivity index (χ2n) is 8.13. The van der Waals surface area contributed by atoms with Crippen molar-refractivity contribution in [2.75, 3.05) is 24.8 Å². The van der Waals surface area contributed by atoms with E-state index < -0.39 is 23.4 Å². The Bertz CT molecular complexity index is 1400. The number of nitrogens with zero attached hydrogens (tertiary/aromatic N) is 5. The molecular formula is C24H22F3N7O. The molecule has 8 nitrogen and oxygen atoms in total. The molecule has 0 bridgehead atoms. The van der Waals surface area contributed by atoms with E-state index in [0.717, 1.165) is 5.56 Å². The van der Waals surface area contributed by atoms with Gasteiger partial charge in [0.15, 0.2) is 0 Å². The Hall–Kier alpha value is -4.15. The monoisotopic (exact) mass is 481 g/mol. The van der Waals surface area contributed by atoms with Gasteiger partial charge in [-0.25, -0.2) is 27.8 Å². The molecule has 0 saturated carbocycles. The van der Waals surface area contributed by atoms with Crippen molar-refractivity contribution in [3.63, 3.8) is 0 Å². The van der Waals surface area contributed by atoms with E-state index in [-0.39, 0.29) is 11.5 Å². The van der Waals surface area contributed by atoms with E-state index in [0.29, 0.717) is 59.4 Å². The number of hydrogen-bond donors (Lipinski definition) is 2. The molecule has 35 heavy (non-hydrogen) atoms. The topological polar surface area (TPSA) is 89.8 Å². The summed E-state index contributed by atoms with van der Waals surface area (Å²) >= 11 is 0. The summed E-state index contributed by atoms with van der Waals surface area (Å²) in [4.78, 5) is 13.3. The molecule has 0 fully saturated rings. The number of hydrogen-bond acceptors (Lipinski definition) is 7. The van der Waals surface area contributed by atoms with Gasteiger partial charge in [0, 0.05) is 48.0 Å². The zero-order valence-electron chi connectivity index (χ0n) is 19.2. The number of nitrogens with one attached hydrogen (secondary N) is 2. The van der Waals surface area contributed by atoms with Crippen LogP contribution in [0.25, 0.3) is 5.69 Å². The fraction of sp³-hybridized carbons (Fsp3) is 0.250. The molecule has 2 N–H and O–H groups in total. The van der Waals surface area contributed by atoms with Crippen molar-refractivity contribution < 1.29 is 17.9 Å². The highest BCUT2D eigenvalue weighted by Gasteiger charge is 2.33. The number of anilines is 3. The van der Waals surface area contributed by atoms with E-state index in [1.165, 1.54) is 0 Å². The Morgan fingerprint density at radius 2 is 1.86 bits per heavy atom. The van der Waals surface area contributed by atoms with Crippen LogP contribution < -0.4 is 15.4 Å². The number of aromatic nitrogens is 5. The Morgan fingerprint density at radius 3 is 2.51 bits per heavy atom. The second kappa shape index (κ2) is 8.90. The lowest BCUT2D eigenvalue weighted by atomic mass is 9.95. The minimum Gasteiger partial charge on any atom is -0.494 e. The first-order valence-electron chi connectivity index (χ1n) is 10.9. The molecule has 0 aliphatic heterocycles. The molecule has 1 aliphatic carbocycles. The summed E-state index contributed by atoms with van der Waals surface area (Å²) in [5.74, 6) is -1.49. The van der Waals surface area contributed by atoms with Crippen LogP contribution in [-0.2, 0) is 6.42 Å². The molecule has 5 rings (SSSR count). The first-order valence-corrected chi connectivity index (χ1v) is 10.9. The smallest absolute Gasteiger partial charge is 0.229 e. The molecule has 180 valence electrons. The molecule has 4 aromatic rings. The van der Waals surface area contributed by atoms with Crippen molar-refractivity contribution in [2.45, 2.75) is 25.7 Å². The van der Waals surface area contributed by atoms with E-state index in [1.54, 1.807) is 44.2 Å². The highest BCUT2D eigenvalue weighted by Crippen LogP contribution is 2.42. The lowest BCUT2D eigenvalue weighted by molar-refractivity contribution is 0.412. The van der Waals surface area contributed by atoms with E-state index in [2.05, 4.69) is 30.7 Å². The predicted molar refractivity (Wildman–Crippen MR) is 124 cm³/mol. The SMILES string of the molecule is CNc1nc(Nc2ccc(-n3cnc(C)n3)c(OC)c2)nc2c1CC[C@H]2c1c(F)cc(F)cc1F. The van der Waals surface area contributed by atoms with Gasteiger partial charge < -0.3 is 15.4 Å². The second-order valence-corrected chi connectivity index (χ2v) is 8.13. The minimum absolute atomic E-state index is 0.189. The molecule has 2 aromatic heterocycles. The van der Waals surface area contributed by atoms with Gasteiger partial charge in [0.2, 0.25) is 5.95 Å². The summed E-state index contributed by atoms with van der Waals surface area (Å²) in [6, 6.07) is 6.77. The Kier molecular flexibility index (Phi) is 5.75. The first kappa shape index (κ1) is 22.6. The maximum atomic E-state index is 14.6. The van der Waals surface area contributed by atoms with Crippen LogP contribution in [-0.4, -0.2) is 38.9 Å². The molecule has 1 atom stereocenters. The number of benzene rings is 2. The summed E-state index contributed by atoms with van der Waals surface area (Å²) in [6.07, 6.45) is 2.56. The normalized spacial score (nSPS) is 14.6. The van der Waals surface area contributed by atoms with Gasteiger partial charge in [0.25, 0.3) is 0 Å². The summed E-state index contributed by atoms with van der Waals surface area (Å²) in [6.45, 7) is 1.79. The van der Waals surface area contributed by atoms with Crippen molar-refractivity contribution in [3.8, 4) is 11.4 Å². The highest BCUT2D eigenvalue weighted by molar-refractivity contribution is 5.64. The van der Waals surface area contributed by atoms with Crippen molar-refractivity contribution in [1.82, 2.24) is 24.7 Å². The van der Waals surface area contributed by atoms with Gasteiger partial charge in [-0.05, 0) is 31.9 Å². The third-order valence-electron chi connectivity index (χ3n) is 5.97. The van der Waals surface area contributed by atoms with Crippen molar-refractivity contribution in [3.05, 3.63) is 76.8 Å². The number of rotatable bonds is 6. The quantitative estimate of drug-likeness (QED) is 0.414. The average molecular weight is 481 g/mol. The van der Waals surface area contributed by atoms with E-state index in [1.807, 2.05) is 6.07 Å². The number of halogens is 3. The molecule has 0 saturated heterocycles. The Morgan fingerprint density at radius 1 is 1.09 bits per heavy atom. The zero-order chi connectivity index (χ0) is 24.7. The summed E-state index contributed by atoms with van der Waals surface area (Å²) < 4.78 is 49.7. The Balaban J connectivity index is 1.51. The van der Waals surface area contributed by atoms with Gasteiger partial charge in [-0.2, -0.15) is 10.1 Å². The molecule has 0 amide bonds. The first-order chi connectivity index (χ1) is 16.9. The average Bonchev–Trinajstić information content (AvgIpc) is 3.44. The lowest BCUT2D eigenvalue weighted by Gasteiger charge is -2.16. The van der Waals surface area contributed by atoms with Gasteiger partial charge in [0.05, 0.1) is 12.8 Å². The van der Waals surface area contributed by atoms with Crippen molar-refractivity contribution in [1.29, 1.82) is 0 Å². The van der Waals surface area contributed by atoms with Gasteiger partial charge in [-0.15, -0.1) is 0 Å². The fourth-order valence-electron chi connectivity index (χ4n) is 4.43. The number of ether oxygens (including phenoxy) is 1. The van der Waals surface area contributed by atoms with Gasteiger partial charge in [-0.1, -0.05) is 0 Å². The third-order valence-corrected chi connectivity index (χ3v) is 5.97. The van der Waals surface area contributed by atoms with Crippen LogP contribution in [0, 0.1) is 24.4 Å². The molecular weight excluding hydrogens is 459 g/mol. The van der Waals surface area contributed by atoms with Crippen LogP contribution in [0.1, 0.15) is 35.0 Å². The summed E-state index contributed by atoms with van der Waals surface area (Å²) in [5.41, 5.74) is 2.43. The number of aryl methyl sites for hydroxylation is 1. The standard InChI is InChI=1S/C24H22F3N7O/c1-12-29-11-34(33-12)19-7-4-14(10-20(19)35-3)30-24-31-22-15(5-6-16(22)23(28-2)32-24)21-17(26)8-13(25)9-18(21)27/h4,7-11,15H,5-6H2,1-3H3,(H2,28,30,31,32)/t15-/m0/s1. The maximum absolute atomic E-state index is 14.6. The predicted octanol–water partition coefficient (Wildman–Crippen LogP) is 4.66. The third kappa shape index (κ3) is 4.13. The summed E-state index contributed by atoms with van der Waals surface area (Å²) in [5, 5.41) is 10.5. The zero-order valence-corrected chi connectivity index (χ0v) is 19.2. The summed E-state index contributed by atoms with van der Waals surface area (Å²) in [7, 11) is 3.27. The molecule has 2 heterocycles. The largest absolute Gasteiger partial charge is 0.494 e. The maximum Gasteiger partial charge on any atom is 0.229 e. The van der Waals surface area contributed by atoms with Crippen LogP contribution in [0.5, 0.6) is 5.75 Å². The van der Waals surface area contributed by atoms with Crippen LogP contribution in [0.3, 0.4) is 0 Å². The Labute approximate surface area is 199 Å². The molecule has 1 aliphatic rings. The fourth-order valence-corrected chi connectivity index (χ4v) is 4.43. The van der Waals surface area contributed by atoms with E-state index in [9.17, 15) is 13.2 Å². The minimum atomic E-state index is -0.957. The molecule has 0 radical (unpaired) electrons. The highest BCUT2D eigenvalue weighted by atomic mass is 19.1. The molecule has 0 spiro atoms. The van der Waals surface area contributed by atoms with Gasteiger partial charge in [-0.3, -0.25) is 0 Å². The van der Waals surface area contributed by atoms with Crippen molar-refractivity contribution in [2.24, 2.45) is 0 Å². The lowest BCUT2D eigenvalue weighted by Crippen LogP contribution is -2.10.